The van der Waals surface area contributed by atoms with Gasteiger partial charge in [0.1, 0.15) is 0 Å². The molecule has 0 saturated heterocycles. The van der Waals surface area contributed by atoms with Gasteiger partial charge < -0.3 is 15.7 Å². The van der Waals surface area contributed by atoms with Crippen molar-refractivity contribution in [3.05, 3.63) is 29.8 Å². The monoisotopic (exact) mass is 278 g/mol. The predicted octanol–water partition coefficient (Wildman–Crippen LogP) is 1.42. The zero-order valence-corrected chi connectivity index (χ0v) is 12.4. The van der Waals surface area contributed by atoms with Crippen molar-refractivity contribution in [1.29, 1.82) is 0 Å². The number of hydrogen-bond acceptors (Lipinski definition) is 3. The van der Waals surface area contributed by atoms with Crippen LogP contribution in [-0.4, -0.2) is 29.6 Å². The lowest BCUT2D eigenvalue weighted by molar-refractivity contribution is -0.136. The van der Waals surface area contributed by atoms with Crippen molar-refractivity contribution in [1.82, 2.24) is 5.32 Å². The van der Waals surface area contributed by atoms with Gasteiger partial charge in [0.25, 0.3) is 0 Å². The lowest BCUT2D eigenvalue weighted by Crippen LogP contribution is -2.42. The molecule has 0 aliphatic heterocycles. The second-order valence-corrected chi connectivity index (χ2v) is 5.84. The Balaban J connectivity index is 2.65. The Labute approximate surface area is 119 Å². The first kappa shape index (κ1) is 16.2. The van der Waals surface area contributed by atoms with E-state index in [4.69, 9.17) is 5.11 Å². The molecule has 0 aliphatic rings. The van der Waals surface area contributed by atoms with Gasteiger partial charge in [-0.1, -0.05) is 32.9 Å². The quantitative estimate of drug-likeness (QED) is 0.732. The summed E-state index contributed by atoms with van der Waals surface area (Å²) in [5.74, 6) is -1.50. The van der Waals surface area contributed by atoms with Gasteiger partial charge in [-0.25, -0.2) is 0 Å². The lowest BCUT2D eigenvalue weighted by Gasteiger charge is -2.19. The Morgan fingerprint density at radius 1 is 1.15 bits per heavy atom. The van der Waals surface area contributed by atoms with Crippen LogP contribution in [0.1, 0.15) is 33.3 Å². The molecule has 5 nitrogen and oxygen atoms in total. The number of rotatable bonds is 3. The van der Waals surface area contributed by atoms with Crippen molar-refractivity contribution in [3.8, 4) is 0 Å². The molecule has 0 bridgehead atoms. The van der Waals surface area contributed by atoms with Crippen molar-refractivity contribution in [2.45, 2.75) is 39.2 Å². The molecule has 0 saturated carbocycles. The maximum Gasteiger partial charge on any atom is 0.313 e. The first-order valence-corrected chi connectivity index (χ1v) is 6.57. The average Bonchev–Trinajstić information content (AvgIpc) is 2.38. The molecule has 3 N–H and O–H groups in total. The van der Waals surface area contributed by atoms with Gasteiger partial charge in [0.05, 0.1) is 6.61 Å². The number of aliphatic hydroxyl groups is 1. The number of carbonyl (C=O) groups excluding carboxylic acids is 2. The minimum absolute atomic E-state index is 0.0382. The largest absolute Gasteiger partial charge is 0.394 e. The van der Waals surface area contributed by atoms with E-state index in [1.54, 1.807) is 19.1 Å². The van der Waals surface area contributed by atoms with Gasteiger partial charge in [-0.05, 0) is 30.0 Å². The number of hydrogen-bond donors (Lipinski definition) is 3. The van der Waals surface area contributed by atoms with Crippen LogP contribution in [0.5, 0.6) is 0 Å². The Morgan fingerprint density at radius 3 is 2.15 bits per heavy atom. The summed E-state index contributed by atoms with van der Waals surface area (Å²) in [6, 6.07) is 6.92. The minimum Gasteiger partial charge on any atom is -0.394 e. The lowest BCUT2D eigenvalue weighted by atomic mass is 9.87. The summed E-state index contributed by atoms with van der Waals surface area (Å²) in [6.07, 6.45) is 0. The van der Waals surface area contributed by atoms with Gasteiger partial charge in [0, 0.05) is 11.7 Å². The van der Waals surface area contributed by atoms with Crippen LogP contribution in [0.4, 0.5) is 5.69 Å². The predicted molar refractivity (Wildman–Crippen MR) is 78.5 cm³/mol. The highest BCUT2D eigenvalue weighted by molar-refractivity contribution is 6.39. The zero-order valence-electron chi connectivity index (χ0n) is 12.4. The van der Waals surface area contributed by atoms with Crippen LogP contribution in [0.15, 0.2) is 24.3 Å². The number of anilines is 1. The van der Waals surface area contributed by atoms with Crippen LogP contribution >= 0.6 is 0 Å². The highest BCUT2D eigenvalue weighted by Crippen LogP contribution is 2.23. The van der Waals surface area contributed by atoms with Crippen LogP contribution in [0.3, 0.4) is 0 Å². The molecular formula is C15H22N2O3. The summed E-state index contributed by atoms with van der Waals surface area (Å²) in [6.45, 7) is 7.71. The Morgan fingerprint density at radius 2 is 1.70 bits per heavy atom. The highest BCUT2D eigenvalue weighted by atomic mass is 16.3. The van der Waals surface area contributed by atoms with E-state index < -0.39 is 17.9 Å². The van der Waals surface area contributed by atoms with Crippen LogP contribution in [0.2, 0.25) is 0 Å². The second-order valence-electron chi connectivity index (χ2n) is 5.84. The molecular weight excluding hydrogens is 256 g/mol. The Kier molecular flexibility index (Phi) is 5.27. The van der Waals surface area contributed by atoms with Crippen molar-refractivity contribution >= 4 is 17.5 Å². The van der Waals surface area contributed by atoms with E-state index in [-0.39, 0.29) is 12.0 Å². The summed E-state index contributed by atoms with van der Waals surface area (Å²) in [4.78, 5) is 23.1. The third kappa shape index (κ3) is 4.66. The molecule has 0 aliphatic carbocycles. The molecule has 2 amide bonds. The molecule has 1 rings (SSSR count). The Bertz CT molecular complexity index is 475. The third-order valence-corrected chi connectivity index (χ3v) is 2.87. The first-order chi connectivity index (χ1) is 9.24. The fourth-order valence-electron chi connectivity index (χ4n) is 1.58. The van der Waals surface area contributed by atoms with Crippen LogP contribution in [0, 0.1) is 0 Å². The molecule has 1 unspecified atom stereocenters. The molecule has 0 aromatic heterocycles. The van der Waals surface area contributed by atoms with Crippen LogP contribution in [-0.2, 0) is 15.0 Å². The van der Waals surface area contributed by atoms with Gasteiger partial charge in [-0.2, -0.15) is 0 Å². The number of amides is 2. The maximum atomic E-state index is 11.6. The SMILES string of the molecule is CC(CO)NC(=O)C(=O)Nc1ccc(C(C)(C)C)cc1. The number of benzene rings is 1. The topological polar surface area (TPSA) is 78.4 Å². The number of nitrogens with one attached hydrogen (secondary N) is 2. The normalized spacial score (nSPS) is 12.7. The van der Waals surface area contributed by atoms with Crippen molar-refractivity contribution in [3.63, 3.8) is 0 Å². The van der Waals surface area contributed by atoms with Gasteiger partial charge in [-0.15, -0.1) is 0 Å². The number of carbonyl (C=O) groups is 2. The molecule has 1 atom stereocenters. The summed E-state index contributed by atoms with van der Waals surface area (Å²) < 4.78 is 0. The van der Waals surface area contributed by atoms with E-state index >= 15 is 0 Å². The summed E-state index contributed by atoms with van der Waals surface area (Å²) in [5.41, 5.74) is 1.75. The van der Waals surface area contributed by atoms with Crippen LogP contribution < -0.4 is 10.6 Å². The Hall–Kier alpha value is -1.88. The molecule has 0 heterocycles. The van der Waals surface area contributed by atoms with E-state index in [1.807, 2.05) is 12.1 Å². The summed E-state index contributed by atoms with van der Waals surface area (Å²) in [7, 11) is 0. The first-order valence-electron chi connectivity index (χ1n) is 6.57. The summed E-state index contributed by atoms with van der Waals surface area (Å²) >= 11 is 0. The highest BCUT2D eigenvalue weighted by Gasteiger charge is 2.17. The van der Waals surface area contributed by atoms with Crippen molar-refractivity contribution in [2.75, 3.05) is 11.9 Å². The average molecular weight is 278 g/mol. The zero-order chi connectivity index (χ0) is 15.3. The van der Waals surface area contributed by atoms with Gasteiger partial charge in [0.2, 0.25) is 0 Å². The fourth-order valence-corrected chi connectivity index (χ4v) is 1.58. The van der Waals surface area contributed by atoms with Gasteiger partial charge >= 0.3 is 11.8 Å². The molecule has 0 spiro atoms. The molecule has 5 heteroatoms. The van der Waals surface area contributed by atoms with E-state index in [2.05, 4.69) is 31.4 Å². The molecule has 20 heavy (non-hydrogen) atoms. The third-order valence-electron chi connectivity index (χ3n) is 2.87. The summed E-state index contributed by atoms with van der Waals surface area (Å²) in [5, 5.41) is 13.7. The van der Waals surface area contributed by atoms with E-state index in [0.717, 1.165) is 5.56 Å². The van der Waals surface area contributed by atoms with Crippen LogP contribution in [0.25, 0.3) is 0 Å². The smallest absolute Gasteiger partial charge is 0.313 e. The molecule has 1 aromatic rings. The van der Waals surface area contributed by atoms with E-state index in [9.17, 15) is 9.59 Å². The van der Waals surface area contributed by atoms with Gasteiger partial charge in [-0.3, -0.25) is 9.59 Å². The minimum atomic E-state index is -0.758. The molecule has 110 valence electrons. The fraction of sp³-hybridized carbons (Fsp3) is 0.467. The van der Waals surface area contributed by atoms with Crippen molar-refractivity contribution < 1.29 is 14.7 Å². The van der Waals surface area contributed by atoms with Gasteiger partial charge in [0.15, 0.2) is 0 Å². The molecule has 0 fully saturated rings. The second kappa shape index (κ2) is 6.52. The van der Waals surface area contributed by atoms with Crippen molar-refractivity contribution in [2.24, 2.45) is 0 Å². The molecule has 0 radical (unpaired) electrons. The number of aliphatic hydroxyl groups excluding tert-OH is 1. The van der Waals surface area contributed by atoms with E-state index in [0.29, 0.717) is 5.69 Å². The maximum absolute atomic E-state index is 11.6. The molecule has 1 aromatic carbocycles. The standard InChI is InChI=1S/C15H22N2O3/c1-10(9-18)16-13(19)14(20)17-12-7-5-11(6-8-12)15(2,3)4/h5-8,10,18H,9H2,1-4H3,(H,16,19)(H,17,20). The van der Waals surface area contributed by atoms with E-state index in [1.165, 1.54) is 0 Å².